The lowest BCUT2D eigenvalue weighted by Gasteiger charge is -2.42. The van der Waals surface area contributed by atoms with Gasteiger partial charge in [-0.05, 0) is 30.9 Å². The summed E-state index contributed by atoms with van der Waals surface area (Å²) >= 11 is 1.11. The van der Waals surface area contributed by atoms with Gasteiger partial charge in [-0.2, -0.15) is 4.98 Å². The zero-order chi connectivity index (χ0) is 23.8. The number of carbonyl (C=O) groups is 1. The maximum atomic E-state index is 12.9. The van der Waals surface area contributed by atoms with Crippen LogP contribution in [0.5, 0.6) is 5.88 Å². The summed E-state index contributed by atoms with van der Waals surface area (Å²) in [5.41, 5.74) is 2.84. The fraction of sp³-hybridized carbons (Fsp3) is 0.360. The molecule has 5 rings (SSSR count). The van der Waals surface area contributed by atoms with E-state index in [1.54, 1.807) is 12.1 Å². The van der Waals surface area contributed by atoms with Gasteiger partial charge in [0.15, 0.2) is 5.16 Å². The average Bonchev–Trinajstić information content (AvgIpc) is 2.81. The molecule has 2 aliphatic heterocycles. The third kappa shape index (κ3) is 4.52. The molecule has 176 valence electrons. The monoisotopic (exact) mass is 478 g/mol. The molecule has 2 aromatic heterocycles. The number of rotatable bonds is 5. The number of nitrogens with zero attached hydrogens (tertiary/aromatic N) is 3. The molecule has 1 aromatic carbocycles. The van der Waals surface area contributed by atoms with Crippen molar-refractivity contribution in [2.75, 3.05) is 18.8 Å². The Morgan fingerprint density at radius 3 is 2.71 bits per heavy atom. The molecule has 0 aliphatic carbocycles. The number of benzene rings is 1. The Morgan fingerprint density at radius 2 is 1.94 bits per heavy atom. The first-order valence-electron chi connectivity index (χ1n) is 11.4. The molecule has 3 aromatic rings. The number of fused-ring (bicyclic) bond motifs is 4. The zero-order valence-electron chi connectivity index (χ0n) is 18.9. The highest BCUT2D eigenvalue weighted by Gasteiger charge is 2.36. The fourth-order valence-corrected chi connectivity index (χ4v) is 5.68. The van der Waals surface area contributed by atoms with Crippen molar-refractivity contribution in [3.63, 3.8) is 0 Å². The molecule has 8 nitrogen and oxygen atoms in total. The van der Waals surface area contributed by atoms with Gasteiger partial charge in [-0.15, -0.1) is 0 Å². The molecule has 1 saturated heterocycles. The van der Waals surface area contributed by atoms with Crippen LogP contribution in [0.1, 0.15) is 34.7 Å². The molecule has 0 unspecified atom stereocenters. The van der Waals surface area contributed by atoms with E-state index in [-0.39, 0.29) is 52.1 Å². The van der Waals surface area contributed by atoms with Crippen molar-refractivity contribution in [1.29, 1.82) is 0 Å². The number of nitrogens with one attached hydrogen (secondary N) is 1. The summed E-state index contributed by atoms with van der Waals surface area (Å²) < 4.78 is 1.84. The number of aromatic amines is 1. The van der Waals surface area contributed by atoms with Crippen LogP contribution in [0.15, 0.2) is 57.2 Å². The third-order valence-electron chi connectivity index (χ3n) is 6.64. The van der Waals surface area contributed by atoms with Gasteiger partial charge >= 0.3 is 0 Å². The number of likely N-dealkylation sites (tertiary alicyclic amines) is 1. The summed E-state index contributed by atoms with van der Waals surface area (Å²) in [4.78, 5) is 46.3. The highest BCUT2D eigenvalue weighted by molar-refractivity contribution is 7.99. The van der Waals surface area contributed by atoms with Crippen molar-refractivity contribution in [2.24, 2.45) is 5.92 Å². The van der Waals surface area contributed by atoms with Gasteiger partial charge in [0, 0.05) is 43.7 Å². The number of pyridine rings is 1. The van der Waals surface area contributed by atoms with Crippen LogP contribution in [-0.4, -0.2) is 49.3 Å². The van der Waals surface area contributed by atoms with E-state index >= 15 is 0 Å². The smallest absolute Gasteiger partial charge is 0.258 e. The Kier molecular flexibility index (Phi) is 6.03. The largest absolute Gasteiger partial charge is 0.493 e. The second kappa shape index (κ2) is 9.13. The van der Waals surface area contributed by atoms with E-state index < -0.39 is 5.56 Å². The molecular formula is C25H26N4O4S. The van der Waals surface area contributed by atoms with Crippen molar-refractivity contribution in [1.82, 2.24) is 19.4 Å². The first kappa shape index (κ1) is 22.5. The Bertz CT molecular complexity index is 1350. The van der Waals surface area contributed by atoms with Crippen LogP contribution in [0.2, 0.25) is 0 Å². The number of aromatic hydroxyl groups is 1. The Labute approximate surface area is 200 Å². The third-order valence-corrected chi connectivity index (χ3v) is 7.50. The summed E-state index contributed by atoms with van der Waals surface area (Å²) in [7, 11) is 0. The summed E-state index contributed by atoms with van der Waals surface area (Å²) in [6, 6.07) is 13.1. The fourth-order valence-electron chi connectivity index (χ4n) is 4.92. The van der Waals surface area contributed by atoms with Gasteiger partial charge in [-0.3, -0.25) is 14.4 Å². The topological polar surface area (TPSA) is 108 Å². The molecule has 9 heteroatoms. The van der Waals surface area contributed by atoms with E-state index in [9.17, 15) is 19.5 Å². The van der Waals surface area contributed by atoms with Crippen LogP contribution < -0.4 is 11.1 Å². The highest BCUT2D eigenvalue weighted by atomic mass is 32.2. The molecule has 34 heavy (non-hydrogen) atoms. The lowest BCUT2D eigenvalue weighted by atomic mass is 9.83. The highest BCUT2D eigenvalue weighted by Crippen LogP contribution is 2.35. The Hall–Kier alpha value is -3.33. The molecule has 0 spiro atoms. The molecule has 4 heterocycles. The van der Waals surface area contributed by atoms with E-state index in [4.69, 9.17) is 0 Å². The normalized spacial score (nSPS) is 19.0. The van der Waals surface area contributed by atoms with Crippen molar-refractivity contribution < 1.29 is 9.90 Å². The zero-order valence-corrected chi connectivity index (χ0v) is 19.7. The molecule has 2 aliphatic rings. The molecule has 0 radical (unpaired) electrons. The minimum atomic E-state index is -0.405. The number of H-pyrrole nitrogens is 1. The standard InChI is InChI=1S/C25H26N4O4S/c1-15-5-7-16(8-6-15)10-19-23(32)26-25(27-24(19)33)34-14-22(31)28-11-17-9-18(13-28)20-3-2-4-21(30)29(20)12-17/h2-8,17-18H,9-14H2,1H3,(H2,26,27,32,33)/t17-,18+/m1/s1. The van der Waals surface area contributed by atoms with Gasteiger partial charge in [-0.25, -0.2) is 0 Å². The van der Waals surface area contributed by atoms with Gasteiger partial charge in [0.05, 0.1) is 11.3 Å². The lowest BCUT2D eigenvalue weighted by molar-refractivity contribution is -0.131. The van der Waals surface area contributed by atoms with Crippen molar-refractivity contribution in [3.8, 4) is 5.88 Å². The van der Waals surface area contributed by atoms with Crippen LogP contribution in [0.4, 0.5) is 0 Å². The van der Waals surface area contributed by atoms with Crippen LogP contribution >= 0.6 is 11.8 Å². The second-order valence-corrected chi connectivity index (χ2v) is 10.1. The molecule has 1 amide bonds. The van der Waals surface area contributed by atoms with Crippen LogP contribution in [0.3, 0.4) is 0 Å². The van der Waals surface area contributed by atoms with Crippen LogP contribution in [0.25, 0.3) is 0 Å². The van der Waals surface area contributed by atoms with Gasteiger partial charge < -0.3 is 19.6 Å². The van der Waals surface area contributed by atoms with Gasteiger partial charge in [0.25, 0.3) is 11.1 Å². The van der Waals surface area contributed by atoms with Crippen LogP contribution in [-0.2, 0) is 17.8 Å². The van der Waals surface area contributed by atoms with Crippen LogP contribution in [0, 0.1) is 12.8 Å². The predicted molar refractivity (Wildman–Crippen MR) is 129 cm³/mol. The first-order valence-corrected chi connectivity index (χ1v) is 12.3. The maximum Gasteiger partial charge on any atom is 0.258 e. The number of aryl methyl sites for hydroxylation is 1. The van der Waals surface area contributed by atoms with Gasteiger partial charge in [0.1, 0.15) is 0 Å². The molecule has 1 fully saturated rings. The first-order chi connectivity index (χ1) is 16.4. The number of aromatic nitrogens is 3. The number of amides is 1. The summed E-state index contributed by atoms with van der Waals surface area (Å²) in [6.07, 6.45) is 1.25. The minimum Gasteiger partial charge on any atom is -0.493 e. The van der Waals surface area contributed by atoms with Gasteiger partial charge in [0.2, 0.25) is 11.8 Å². The average molecular weight is 479 g/mol. The maximum absolute atomic E-state index is 12.9. The van der Waals surface area contributed by atoms with E-state index in [1.807, 2.05) is 46.7 Å². The predicted octanol–water partition coefficient (Wildman–Crippen LogP) is 2.27. The van der Waals surface area contributed by atoms with Gasteiger partial charge in [-0.1, -0.05) is 47.7 Å². The molecule has 0 saturated carbocycles. The number of hydrogen-bond acceptors (Lipinski definition) is 6. The molecule has 2 bridgehead atoms. The van der Waals surface area contributed by atoms with Crippen molar-refractivity contribution >= 4 is 17.7 Å². The van der Waals surface area contributed by atoms with Crippen molar-refractivity contribution in [3.05, 3.63) is 85.6 Å². The second-order valence-electron chi connectivity index (χ2n) is 9.12. The van der Waals surface area contributed by atoms with Crippen molar-refractivity contribution in [2.45, 2.75) is 37.4 Å². The quantitative estimate of drug-likeness (QED) is 0.430. The Balaban J connectivity index is 1.24. The molecule has 2 N–H and O–H groups in total. The Morgan fingerprint density at radius 1 is 1.15 bits per heavy atom. The number of hydrogen-bond donors (Lipinski definition) is 2. The summed E-state index contributed by atoms with van der Waals surface area (Å²) in [5, 5.41) is 10.6. The SMILES string of the molecule is Cc1ccc(Cc2c(O)nc(SCC(=O)N3C[C@H]4C[C@@H](C3)c3cccc(=O)n3C4)[nH]c2=O)cc1. The molecule has 2 atom stereocenters. The van der Waals surface area contributed by atoms with E-state index in [0.717, 1.165) is 35.0 Å². The number of piperidine rings is 1. The van der Waals surface area contributed by atoms with E-state index in [0.29, 0.717) is 19.6 Å². The summed E-state index contributed by atoms with van der Waals surface area (Å²) in [6.45, 7) is 3.80. The minimum absolute atomic E-state index is 0.0168. The van der Waals surface area contributed by atoms with E-state index in [2.05, 4.69) is 9.97 Å². The molecular weight excluding hydrogens is 452 g/mol. The lowest BCUT2D eigenvalue weighted by Crippen LogP contribution is -2.49. The van der Waals surface area contributed by atoms with E-state index in [1.165, 1.54) is 0 Å². The number of thioether (sulfide) groups is 1. The number of carbonyl (C=O) groups excluding carboxylic acids is 1. The summed E-state index contributed by atoms with van der Waals surface area (Å²) in [5.74, 6) is 0.161.